The fraction of sp³-hybridized carbons (Fsp3) is 0.536. The van der Waals surface area contributed by atoms with E-state index in [0.717, 1.165) is 24.0 Å². The highest BCUT2D eigenvalue weighted by Crippen LogP contribution is 2.56. The molecular formula is C28H37NO4. The molecule has 1 spiro atoms. The first-order valence-electron chi connectivity index (χ1n) is 12.2. The molecule has 1 aliphatic heterocycles. The lowest BCUT2D eigenvalue weighted by atomic mass is 9.54. The lowest BCUT2D eigenvalue weighted by molar-refractivity contribution is -0.138. The molecule has 0 radical (unpaired) electrons. The molecule has 5 nitrogen and oxygen atoms in total. The van der Waals surface area contributed by atoms with Crippen LogP contribution in [0.5, 0.6) is 5.75 Å². The van der Waals surface area contributed by atoms with Crippen LogP contribution in [0.2, 0.25) is 0 Å². The molecule has 5 heteroatoms. The molecular weight excluding hydrogens is 414 g/mol. The number of carbonyl (C=O) groups excluding carboxylic acids is 1. The zero-order chi connectivity index (χ0) is 23.8. The smallest absolute Gasteiger partial charge is 0.230 e. The van der Waals surface area contributed by atoms with Crippen LogP contribution in [0.25, 0.3) is 0 Å². The van der Waals surface area contributed by atoms with E-state index in [2.05, 4.69) is 44.3 Å². The van der Waals surface area contributed by atoms with Crippen molar-refractivity contribution in [3.63, 3.8) is 0 Å². The van der Waals surface area contributed by atoms with Crippen molar-refractivity contribution >= 4 is 5.91 Å². The Kier molecular flexibility index (Phi) is 6.83. The Morgan fingerprint density at radius 2 is 1.82 bits per heavy atom. The molecule has 3 aliphatic rings. The molecule has 1 heterocycles. The third-order valence-electron chi connectivity index (χ3n) is 8.11. The van der Waals surface area contributed by atoms with Gasteiger partial charge in [-0.1, -0.05) is 63.3 Å². The van der Waals surface area contributed by atoms with Gasteiger partial charge in [0, 0.05) is 17.9 Å². The predicted molar refractivity (Wildman–Crippen MR) is 129 cm³/mol. The van der Waals surface area contributed by atoms with Crippen LogP contribution < -0.4 is 5.32 Å². The van der Waals surface area contributed by atoms with Crippen molar-refractivity contribution < 1.29 is 20.1 Å². The van der Waals surface area contributed by atoms with Gasteiger partial charge in [-0.05, 0) is 60.3 Å². The van der Waals surface area contributed by atoms with Crippen molar-refractivity contribution in [3.05, 3.63) is 65.8 Å². The van der Waals surface area contributed by atoms with E-state index < -0.39 is 11.5 Å². The topological polar surface area (TPSA) is 89.8 Å². The highest BCUT2D eigenvalue weighted by atomic mass is 16.3. The van der Waals surface area contributed by atoms with Gasteiger partial charge in [0.25, 0.3) is 0 Å². The first-order valence-corrected chi connectivity index (χ1v) is 12.2. The minimum atomic E-state index is -1.03. The Balaban J connectivity index is 1.82. The second kappa shape index (κ2) is 9.47. The van der Waals surface area contributed by atoms with Crippen LogP contribution in [0.4, 0.5) is 0 Å². The Morgan fingerprint density at radius 3 is 2.52 bits per heavy atom. The van der Waals surface area contributed by atoms with E-state index in [1.807, 2.05) is 24.3 Å². The standard InChI is InChI=1S/C28H37NO4/c1-17-5-4-6-22-15-21(16-30)19(3)26-24(14-20-8-10-23(31)11-9-20)29-27(33)28(22,26)25(32)12-7-18(2)13-17/h4,6-12,15,17-19,22,24-26,30-32H,5,13-14,16H2,1-3H3,(H,29,33)/t17-,18+,19+,22-,24-,25+,26-,28+/m0/s1. The van der Waals surface area contributed by atoms with E-state index in [4.69, 9.17) is 0 Å². The highest BCUT2D eigenvalue weighted by molar-refractivity contribution is 5.88. The second-order valence-corrected chi connectivity index (χ2v) is 10.4. The van der Waals surface area contributed by atoms with Gasteiger partial charge in [0.2, 0.25) is 5.91 Å². The van der Waals surface area contributed by atoms with Gasteiger partial charge in [-0.15, -0.1) is 0 Å². The molecule has 178 valence electrons. The summed E-state index contributed by atoms with van der Waals surface area (Å²) in [5.74, 6) is 0.357. The maximum atomic E-state index is 13.8. The maximum absolute atomic E-state index is 13.8. The molecule has 0 unspecified atom stereocenters. The van der Waals surface area contributed by atoms with Gasteiger partial charge in [0.1, 0.15) is 5.75 Å². The largest absolute Gasteiger partial charge is 0.508 e. The zero-order valence-electron chi connectivity index (χ0n) is 19.8. The van der Waals surface area contributed by atoms with Crippen LogP contribution in [0, 0.1) is 35.0 Å². The lowest BCUT2D eigenvalue weighted by Gasteiger charge is -2.47. The van der Waals surface area contributed by atoms with E-state index in [9.17, 15) is 20.1 Å². The monoisotopic (exact) mass is 451 g/mol. The minimum Gasteiger partial charge on any atom is -0.508 e. The summed E-state index contributed by atoms with van der Waals surface area (Å²) in [7, 11) is 0. The molecule has 1 amide bonds. The van der Waals surface area contributed by atoms with Gasteiger partial charge < -0.3 is 20.6 Å². The van der Waals surface area contributed by atoms with Crippen molar-refractivity contribution in [2.75, 3.05) is 6.61 Å². The van der Waals surface area contributed by atoms with Crippen molar-refractivity contribution in [1.82, 2.24) is 5.32 Å². The van der Waals surface area contributed by atoms with Crippen LogP contribution in [-0.2, 0) is 11.2 Å². The van der Waals surface area contributed by atoms with Crippen molar-refractivity contribution in [3.8, 4) is 5.75 Å². The molecule has 2 aliphatic carbocycles. The minimum absolute atomic E-state index is 0.0580. The number of carbonyl (C=O) groups is 1. The Morgan fingerprint density at radius 1 is 1.09 bits per heavy atom. The molecule has 0 bridgehead atoms. The zero-order valence-corrected chi connectivity index (χ0v) is 19.8. The Bertz CT molecular complexity index is 949. The van der Waals surface area contributed by atoms with E-state index >= 15 is 0 Å². The second-order valence-electron chi connectivity index (χ2n) is 10.4. The lowest BCUT2D eigenvalue weighted by Crippen LogP contribution is -2.54. The van der Waals surface area contributed by atoms with Crippen molar-refractivity contribution in [1.29, 1.82) is 0 Å². The third-order valence-corrected chi connectivity index (χ3v) is 8.11. The molecule has 4 N–H and O–H groups in total. The third kappa shape index (κ3) is 4.29. The fourth-order valence-corrected chi connectivity index (χ4v) is 6.48. The number of rotatable bonds is 3. The van der Waals surface area contributed by atoms with Gasteiger partial charge in [-0.3, -0.25) is 4.79 Å². The average molecular weight is 452 g/mol. The first-order chi connectivity index (χ1) is 15.8. The Labute approximate surface area is 196 Å². The summed E-state index contributed by atoms with van der Waals surface area (Å²) >= 11 is 0. The predicted octanol–water partition coefficient (Wildman–Crippen LogP) is 3.76. The average Bonchev–Trinajstić information content (AvgIpc) is 3.07. The maximum Gasteiger partial charge on any atom is 0.230 e. The number of allylic oxidation sites excluding steroid dienone is 4. The number of nitrogens with one attached hydrogen (secondary N) is 1. The van der Waals surface area contributed by atoms with Crippen molar-refractivity contribution in [2.24, 2.45) is 35.0 Å². The summed E-state index contributed by atoms with van der Waals surface area (Å²) < 4.78 is 0. The summed E-state index contributed by atoms with van der Waals surface area (Å²) in [5, 5.41) is 34.7. The number of aliphatic hydroxyl groups is 2. The summed E-state index contributed by atoms with van der Waals surface area (Å²) in [5.41, 5.74) is 0.906. The molecule has 4 rings (SSSR count). The molecule has 1 saturated heterocycles. The van der Waals surface area contributed by atoms with Gasteiger partial charge in [-0.25, -0.2) is 0 Å². The number of phenolic OH excluding ortho intramolecular Hbond substituents is 1. The summed E-state index contributed by atoms with van der Waals surface area (Å²) in [6.07, 6.45) is 11.8. The number of aromatic hydroxyl groups is 1. The number of benzene rings is 1. The van der Waals surface area contributed by atoms with E-state index in [0.29, 0.717) is 18.3 Å². The van der Waals surface area contributed by atoms with E-state index in [1.165, 1.54) is 0 Å². The first kappa shape index (κ1) is 23.8. The van der Waals surface area contributed by atoms with E-state index in [1.54, 1.807) is 12.1 Å². The molecule has 0 saturated carbocycles. The molecule has 33 heavy (non-hydrogen) atoms. The summed E-state index contributed by atoms with van der Waals surface area (Å²) in [4.78, 5) is 13.8. The van der Waals surface area contributed by atoms with Crippen LogP contribution in [0.1, 0.15) is 39.2 Å². The number of phenols is 1. The molecule has 1 fully saturated rings. The van der Waals surface area contributed by atoms with Gasteiger partial charge in [-0.2, -0.15) is 0 Å². The number of amides is 1. The number of hydrogen-bond donors (Lipinski definition) is 4. The quantitative estimate of drug-likeness (QED) is 0.527. The molecule has 8 atom stereocenters. The van der Waals surface area contributed by atoms with E-state index in [-0.39, 0.29) is 42.1 Å². The molecule has 1 aromatic carbocycles. The number of aliphatic hydroxyl groups excluding tert-OH is 2. The molecule has 1 aromatic rings. The molecule has 0 aromatic heterocycles. The van der Waals surface area contributed by atoms with Crippen LogP contribution in [-0.4, -0.2) is 40.0 Å². The van der Waals surface area contributed by atoms with Gasteiger partial charge in [0.05, 0.1) is 18.1 Å². The summed E-state index contributed by atoms with van der Waals surface area (Å²) in [6.45, 7) is 6.39. The summed E-state index contributed by atoms with van der Waals surface area (Å²) in [6, 6.07) is 6.87. The van der Waals surface area contributed by atoms with Crippen molar-refractivity contribution in [2.45, 2.75) is 52.2 Å². The fourth-order valence-electron chi connectivity index (χ4n) is 6.48. The highest BCUT2D eigenvalue weighted by Gasteiger charge is 2.64. The van der Waals surface area contributed by atoms with Crippen LogP contribution in [0.15, 0.2) is 60.2 Å². The van der Waals surface area contributed by atoms with Crippen LogP contribution in [0.3, 0.4) is 0 Å². The van der Waals surface area contributed by atoms with Crippen LogP contribution >= 0.6 is 0 Å². The Hall–Kier alpha value is -2.37. The van der Waals surface area contributed by atoms with Gasteiger partial charge in [0.15, 0.2) is 0 Å². The number of hydrogen-bond acceptors (Lipinski definition) is 4. The van der Waals surface area contributed by atoms with Gasteiger partial charge >= 0.3 is 0 Å². The normalized spacial score (nSPS) is 38.6. The SMILES string of the molecule is C[C@H]1CC=C[C@H]2C=C(CO)[C@@H](C)[C@H]3[C@H](Cc4ccc(O)cc4)NC(=O)[C@@]23[C@H](O)C=C[C@@H](C)C1.